The number of carbonyl (C=O) groups is 3. The molecule has 120 valence electrons. The molecule has 1 fully saturated rings. The number of rotatable bonds is 8. The summed E-state index contributed by atoms with van der Waals surface area (Å²) in [5, 5.41) is 9.43. The molecule has 0 spiro atoms. The van der Waals surface area contributed by atoms with Crippen LogP contribution < -0.4 is 0 Å². The molecule has 1 aliphatic carbocycles. The van der Waals surface area contributed by atoms with Gasteiger partial charge in [-0.15, -0.1) is 0 Å². The van der Waals surface area contributed by atoms with Crippen LogP contribution in [0, 0.1) is 5.41 Å². The van der Waals surface area contributed by atoms with Gasteiger partial charge in [0, 0.05) is 13.0 Å². The summed E-state index contributed by atoms with van der Waals surface area (Å²) >= 11 is 0. The smallest absolute Gasteiger partial charge is 0.325 e. The third-order valence-electron chi connectivity index (χ3n) is 3.98. The summed E-state index contributed by atoms with van der Waals surface area (Å²) in [5.74, 6) is -1.62. The molecule has 1 rings (SSSR count). The Morgan fingerprint density at radius 3 is 2.29 bits per heavy atom. The summed E-state index contributed by atoms with van der Waals surface area (Å²) in [6.07, 6.45) is 3.43. The molecule has 0 atom stereocenters. The number of nitrogens with zero attached hydrogens (tertiary/aromatic N) is 1. The second-order valence-corrected chi connectivity index (χ2v) is 5.59. The summed E-state index contributed by atoms with van der Waals surface area (Å²) in [7, 11) is 0. The predicted molar refractivity (Wildman–Crippen MR) is 76.7 cm³/mol. The monoisotopic (exact) mass is 299 g/mol. The Bertz CT molecular complexity index is 388. The first-order valence-electron chi connectivity index (χ1n) is 7.62. The van der Waals surface area contributed by atoms with Gasteiger partial charge < -0.3 is 14.7 Å². The van der Waals surface area contributed by atoms with Crippen LogP contribution in [0.4, 0.5) is 0 Å². The molecule has 0 aromatic heterocycles. The molecule has 1 N–H and O–H groups in total. The minimum absolute atomic E-state index is 0.0261. The van der Waals surface area contributed by atoms with Gasteiger partial charge in [0.25, 0.3) is 0 Å². The lowest BCUT2D eigenvalue weighted by Crippen LogP contribution is -2.41. The van der Waals surface area contributed by atoms with Gasteiger partial charge in [0.15, 0.2) is 0 Å². The largest absolute Gasteiger partial charge is 0.481 e. The van der Waals surface area contributed by atoms with Gasteiger partial charge in [-0.3, -0.25) is 14.4 Å². The van der Waals surface area contributed by atoms with E-state index in [1.165, 1.54) is 4.90 Å². The van der Waals surface area contributed by atoms with Gasteiger partial charge in [-0.05, 0) is 26.2 Å². The van der Waals surface area contributed by atoms with E-state index < -0.39 is 17.4 Å². The van der Waals surface area contributed by atoms with Crippen molar-refractivity contribution in [1.82, 2.24) is 4.90 Å². The fourth-order valence-corrected chi connectivity index (χ4v) is 2.84. The number of carbonyl (C=O) groups excluding carboxylic acids is 2. The molecule has 0 bridgehead atoms. The molecule has 1 saturated carbocycles. The van der Waals surface area contributed by atoms with Gasteiger partial charge in [0.1, 0.15) is 6.54 Å². The highest BCUT2D eigenvalue weighted by Crippen LogP contribution is 2.41. The molecule has 21 heavy (non-hydrogen) atoms. The van der Waals surface area contributed by atoms with Gasteiger partial charge >= 0.3 is 11.9 Å². The van der Waals surface area contributed by atoms with Crippen molar-refractivity contribution < 1.29 is 24.2 Å². The molecule has 0 aromatic rings. The standard InChI is InChI=1S/C15H25NO5/c1-3-9-16(11-13(18)21-4-2)12(17)10-15(14(19)20)7-5-6-8-15/h3-11H2,1-2H3,(H,19,20). The number of amides is 1. The van der Waals surface area contributed by atoms with Crippen molar-refractivity contribution in [3.63, 3.8) is 0 Å². The molecule has 1 aliphatic rings. The average Bonchev–Trinajstić information content (AvgIpc) is 2.88. The number of aliphatic carboxylic acids is 1. The first kappa shape index (κ1) is 17.5. The number of hydrogen-bond donors (Lipinski definition) is 1. The predicted octanol–water partition coefficient (Wildman–Crippen LogP) is 1.82. The van der Waals surface area contributed by atoms with E-state index in [9.17, 15) is 19.5 Å². The zero-order valence-corrected chi connectivity index (χ0v) is 12.9. The van der Waals surface area contributed by atoms with Crippen molar-refractivity contribution in [2.45, 2.75) is 52.4 Å². The van der Waals surface area contributed by atoms with Crippen molar-refractivity contribution in [2.75, 3.05) is 19.7 Å². The van der Waals surface area contributed by atoms with E-state index in [4.69, 9.17) is 4.74 Å². The Morgan fingerprint density at radius 2 is 1.81 bits per heavy atom. The minimum Gasteiger partial charge on any atom is -0.481 e. The summed E-state index contributed by atoms with van der Waals surface area (Å²) in [6, 6.07) is 0. The van der Waals surface area contributed by atoms with Gasteiger partial charge in [-0.2, -0.15) is 0 Å². The van der Waals surface area contributed by atoms with Crippen molar-refractivity contribution in [3.05, 3.63) is 0 Å². The van der Waals surface area contributed by atoms with Crippen molar-refractivity contribution in [1.29, 1.82) is 0 Å². The molecule has 6 heteroatoms. The lowest BCUT2D eigenvalue weighted by atomic mass is 9.82. The van der Waals surface area contributed by atoms with E-state index in [0.29, 0.717) is 25.8 Å². The Labute approximate surface area is 125 Å². The number of hydrogen-bond acceptors (Lipinski definition) is 4. The van der Waals surface area contributed by atoms with Crippen LogP contribution in [-0.2, 0) is 19.1 Å². The summed E-state index contributed by atoms with van der Waals surface area (Å²) in [5.41, 5.74) is -0.947. The quantitative estimate of drug-likeness (QED) is 0.691. The van der Waals surface area contributed by atoms with Crippen LogP contribution in [0.3, 0.4) is 0 Å². The maximum Gasteiger partial charge on any atom is 0.325 e. The Balaban J connectivity index is 2.71. The van der Waals surface area contributed by atoms with Crippen molar-refractivity contribution in [3.8, 4) is 0 Å². The van der Waals surface area contributed by atoms with E-state index in [1.807, 2.05) is 6.92 Å². The van der Waals surface area contributed by atoms with Crippen LogP contribution in [0.1, 0.15) is 52.4 Å². The van der Waals surface area contributed by atoms with E-state index in [1.54, 1.807) is 6.92 Å². The minimum atomic E-state index is -0.947. The lowest BCUT2D eigenvalue weighted by Gasteiger charge is -2.28. The fourth-order valence-electron chi connectivity index (χ4n) is 2.84. The number of esters is 1. The summed E-state index contributed by atoms with van der Waals surface area (Å²) < 4.78 is 4.86. The van der Waals surface area contributed by atoms with Crippen LogP contribution in [0.25, 0.3) is 0 Å². The molecule has 1 amide bonds. The zero-order valence-electron chi connectivity index (χ0n) is 12.9. The third kappa shape index (κ3) is 4.72. The normalized spacial score (nSPS) is 16.5. The van der Waals surface area contributed by atoms with E-state index in [-0.39, 0.29) is 25.5 Å². The number of carboxylic acids is 1. The number of carboxylic acid groups (broad SMARTS) is 1. The highest BCUT2D eigenvalue weighted by atomic mass is 16.5. The summed E-state index contributed by atoms with van der Waals surface area (Å²) in [6.45, 7) is 4.23. The molecule has 0 aromatic carbocycles. The summed E-state index contributed by atoms with van der Waals surface area (Å²) in [4.78, 5) is 36.9. The first-order valence-corrected chi connectivity index (χ1v) is 7.62. The molecule has 6 nitrogen and oxygen atoms in total. The molecule has 0 radical (unpaired) electrons. The van der Waals surface area contributed by atoms with E-state index >= 15 is 0 Å². The van der Waals surface area contributed by atoms with E-state index in [2.05, 4.69) is 0 Å². The second-order valence-electron chi connectivity index (χ2n) is 5.59. The average molecular weight is 299 g/mol. The first-order chi connectivity index (χ1) is 9.95. The Morgan fingerprint density at radius 1 is 1.19 bits per heavy atom. The zero-order chi connectivity index (χ0) is 15.9. The molecule has 0 heterocycles. The topological polar surface area (TPSA) is 83.9 Å². The van der Waals surface area contributed by atoms with Gasteiger partial charge in [0.05, 0.1) is 12.0 Å². The highest BCUT2D eigenvalue weighted by Gasteiger charge is 2.43. The molecular weight excluding hydrogens is 274 g/mol. The maximum atomic E-state index is 12.4. The molecule has 0 unspecified atom stereocenters. The van der Waals surface area contributed by atoms with E-state index in [0.717, 1.165) is 12.8 Å². The van der Waals surface area contributed by atoms with Gasteiger partial charge in [-0.25, -0.2) is 0 Å². The SMILES string of the molecule is CCCN(CC(=O)OCC)C(=O)CC1(C(=O)O)CCCC1. The molecule has 0 aliphatic heterocycles. The molecular formula is C15H25NO5. The van der Waals surface area contributed by atoms with Crippen molar-refractivity contribution >= 4 is 17.8 Å². The van der Waals surface area contributed by atoms with Crippen LogP contribution >= 0.6 is 0 Å². The maximum absolute atomic E-state index is 12.4. The Hall–Kier alpha value is -1.59. The Kier molecular flexibility index (Phi) is 6.65. The molecule has 0 saturated heterocycles. The second kappa shape index (κ2) is 8.00. The van der Waals surface area contributed by atoms with Gasteiger partial charge in [0.2, 0.25) is 5.91 Å². The van der Waals surface area contributed by atoms with Crippen molar-refractivity contribution in [2.24, 2.45) is 5.41 Å². The van der Waals surface area contributed by atoms with Crippen LogP contribution in [0.2, 0.25) is 0 Å². The van der Waals surface area contributed by atoms with Crippen LogP contribution in [-0.4, -0.2) is 47.5 Å². The van der Waals surface area contributed by atoms with Crippen LogP contribution in [0.5, 0.6) is 0 Å². The highest BCUT2D eigenvalue weighted by molar-refractivity contribution is 5.87. The van der Waals surface area contributed by atoms with Crippen LogP contribution in [0.15, 0.2) is 0 Å². The lowest BCUT2D eigenvalue weighted by molar-refractivity contribution is -0.155. The number of ether oxygens (including phenoxy) is 1. The van der Waals surface area contributed by atoms with Gasteiger partial charge in [-0.1, -0.05) is 19.8 Å². The fraction of sp³-hybridized carbons (Fsp3) is 0.800. The third-order valence-corrected chi connectivity index (χ3v) is 3.98.